The molecule has 0 unspecified atom stereocenters. The van der Waals surface area contributed by atoms with E-state index in [1.807, 2.05) is 6.07 Å². The topological polar surface area (TPSA) is 38.3 Å². The first-order valence-corrected chi connectivity index (χ1v) is 7.26. The third-order valence-electron chi connectivity index (χ3n) is 4.16. The van der Waals surface area contributed by atoms with Gasteiger partial charge in [-0.2, -0.15) is 0 Å². The molecule has 0 aromatic heterocycles. The van der Waals surface area contributed by atoms with Crippen molar-refractivity contribution in [3.63, 3.8) is 0 Å². The van der Waals surface area contributed by atoms with Crippen LogP contribution in [0.1, 0.15) is 37.3 Å². The lowest BCUT2D eigenvalue weighted by Gasteiger charge is -2.13. The summed E-state index contributed by atoms with van der Waals surface area (Å²) in [7, 11) is 0. The minimum absolute atomic E-state index is 0.0140. The molecule has 2 aliphatic carbocycles. The number of hydrogen-bond acceptors (Lipinski definition) is 2. The van der Waals surface area contributed by atoms with Crippen molar-refractivity contribution >= 4 is 5.91 Å². The smallest absolute Gasteiger partial charge is 0.258 e. The van der Waals surface area contributed by atoms with Crippen LogP contribution in [0.4, 0.5) is 0 Å². The van der Waals surface area contributed by atoms with Gasteiger partial charge in [-0.1, -0.05) is 6.07 Å². The van der Waals surface area contributed by atoms with Gasteiger partial charge in [-0.15, -0.1) is 0 Å². The summed E-state index contributed by atoms with van der Waals surface area (Å²) in [4.78, 5) is 11.8. The Morgan fingerprint density at radius 1 is 1.37 bits per heavy atom. The van der Waals surface area contributed by atoms with Crippen LogP contribution in [0.25, 0.3) is 0 Å². The monoisotopic (exact) mass is 259 g/mol. The highest BCUT2D eigenvalue weighted by Crippen LogP contribution is 2.32. The molecule has 1 aromatic rings. The van der Waals surface area contributed by atoms with Crippen molar-refractivity contribution in [3.8, 4) is 5.75 Å². The Morgan fingerprint density at radius 2 is 2.16 bits per heavy atom. The van der Waals surface area contributed by atoms with Crippen molar-refractivity contribution in [1.29, 1.82) is 0 Å². The zero-order valence-corrected chi connectivity index (χ0v) is 11.4. The van der Waals surface area contributed by atoms with E-state index >= 15 is 0 Å². The number of benzene rings is 1. The number of rotatable bonds is 5. The molecule has 0 radical (unpaired) electrons. The number of amides is 1. The van der Waals surface area contributed by atoms with Crippen LogP contribution in [-0.2, 0) is 17.6 Å². The van der Waals surface area contributed by atoms with E-state index in [1.165, 1.54) is 36.8 Å². The van der Waals surface area contributed by atoms with Crippen LogP contribution in [-0.4, -0.2) is 18.6 Å². The third kappa shape index (κ3) is 3.09. The summed E-state index contributed by atoms with van der Waals surface area (Å²) in [6, 6.07) is 6.47. The molecule has 3 rings (SSSR count). The molecule has 0 saturated heterocycles. The van der Waals surface area contributed by atoms with Crippen LogP contribution < -0.4 is 10.1 Å². The second kappa shape index (κ2) is 5.24. The SMILES string of the molecule is C[C@H](NC(=O)COc1ccc2c(c1)CCC2)C1CC1. The highest BCUT2D eigenvalue weighted by molar-refractivity contribution is 5.77. The number of hydrogen-bond donors (Lipinski definition) is 1. The molecule has 1 fully saturated rings. The predicted octanol–water partition coefficient (Wildman–Crippen LogP) is 2.47. The first-order chi connectivity index (χ1) is 9.22. The molecule has 102 valence electrons. The number of carbonyl (C=O) groups is 1. The first kappa shape index (κ1) is 12.5. The molecular weight excluding hydrogens is 238 g/mol. The Labute approximate surface area is 114 Å². The standard InChI is InChI=1S/C16H21NO2/c1-11(12-5-6-12)17-16(18)10-19-15-8-7-13-3-2-4-14(13)9-15/h7-9,11-12H,2-6,10H2,1H3,(H,17,18)/t11-/m0/s1. The van der Waals surface area contributed by atoms with Crippen LogP contribution >= 0.6 is 0 Å². The molecule has 0 spiro atoms. The Hall–Kier alpha value is -1.51. The highest BCUT2D eigenvalue weighted by Gasteiger charge is 2.28. The van der Waals surface area contributed by atoms with Gasteiger partial charge < -0.3 is 10.1 Å². The average Bonchev–Trinajstić information content (AvgIpc) is 3.15. The van der Waals surface area contributed by atoms with E-state index in [9.17, 15) is 4.79 Å². The van der Waals surface area contributed by atoms with Crippen molar-refractivity contribution in [1.82, 2.24) is 5.32 Å². The molecule has 1 N–H and O–H groups in total. The van der Waals surface area contributed by atoms with E-state index in [-0.39, 0.29) is 18.6 Å². The number of carbonyl (C=O) groups excluding carboxylic acids is 1. The maximum Gasteiger partial charge on any atom is 0.258 e. The molecule has 1 aromatic carbocycles. The Bertz CT molecular complexity index is 480. The predicted molar refractivity (Wildman–Crippen MR) is 74.3 cm³/mol. The molecule has 0 heterocycles. The quantitative estimate of drug-likeness (QED) is 0.882. The Kier molecular flexibility index (Phi) is 3.45. The summed E-state index contributed by atoms with van der Waals surface area (Å²) in [6.07, 6.45) is 6.03. The normalized spacial score (nSPS) is 18.8. The minimum atomic E-state index is -0.0140. The minimum Gasteiger partial charge on any atom is -0.484 e. The van der Waals surface area contributed by atoms with Crippen molar-refractivity contribution in [3.05, 3.63) is 29.3 Å². The van der Waals surface area contributed by atoms with Gasteiger partial charge in [0.2, 0.25) is 0 Å². The van der Waals surface area contributed by atoms with E-state index < -0.39 is 0 Å². The first-order valence-electron chi connectivity index (χ1n) is 7.26. The molecule has 2 aliphatic rings. The molecule has 1 atom stereocenters. The fourth-order valence-corrected chi connectivity index (χ4v) is 2.80. The third-order valence-corrected chi connectivity index (χ3v) is 4.16. The van der Waals surface area contributed by atoms with Crippen molar-refractivity contribution < 1.29 is 9.53 Å². The van der Waals surface area contributed by atoms with Gasteiger partial charge in [-0.25, -0.2) is 0 Å². The lowest BCUT2D eigenvalue weighted by molar-refractivity contribution is -0.123. The second-order valence-corrected chi connectivity index (χ2v) is 5.77. The summed E-state index contributed by atoms with van der Waals surface area (Å²) < 4.78 is 5.58. The van der Waals surface area contributed by atoms with Crippen LogP contribution in [0.15, 0.2) is 18.2 Å². The zero-order chi connectivity index (χ0) is 13.2. The van der Waals surface area contributed by atoms with Gasteiger partial charge >= 0.3 is 0 Å². The van der Waals surface area contributed by atoms with E-state index in [4.69, 9.17) is 4.74 Å². The largest absolute Gasteiger partial charge is 0.484 e. The highest BCUT2D eigenvalue weighted by atomic mass is 16.5. The van der Waals surface area contributed by atoms with E-state index in [0.717, 1.165) is 12.2 Å². The van der Waals surface area contributed by atoms with Crippen molar-refractivity contribution in [2.24, 2.45) is 5.92 Å². The van der Waals surface area contributed by atoms with Gasteiger partial charge in [0.15, 0.2) is 6.61 Å². The summed E-state index contributed by atoms with van der Waals surface area (Å²) in [5.74, 6) is 1.48. The van der Waals surface area contributed by atoms with Crippen molar-refractivity contribution in [2.75, 3.05) is 6.61 Å². The van der Waals surface area contributed by atoms with E-state index in [1.54, 1.807) is 0 Å². The number of nitrogens with one attached hydrogen (secondary N) is 1. The zero-order valence-electron chi connectivity index (χ0n) is 11.4. The number of fused-ring (bicyclic) bond motifs is 1. The summed E-state index contributed by atoms with van der Waals surface area (Å²) in [5, 5.41) is 3.00. The Morgan fingerprint density at radius 3 is 2.95 bits per heavy atom. The molecular formula is C16H21NO2. The Balaban J connectivity index is 1.50. The van der Waals surface area contributed by atoms with Gasteiger partial charge in [-0.05, 0) is 68.2 Å². The lowest BCUT2D eigenvalue weighted by Crippen LogP contribution is -2.37. The average molecular weight is 259 g/mol. The molecule has 0 bridgehead atoms. The molecule has 0 aliphatic heterocycles. The molecule has 1 saturated carbocycles. The van der Waals surface area contributed by atoms with Crippen LogP contribution in [0.2, 0.25) is 0 Å². The second-order valence-electron chi connectivity index (χ2n) is 5.77. The van der Waals surface area contributed by atoms with E-state index in [2.05, 4.69) is 24.4 Å². The fraction of sp³-hybridized carbons (Fsp3) is 0.562. The van der Waals surface area contributed by atoms with Gasteiger partial charge in [0, 0.05) is 6.04 Å². The van der Waals surface area contributed by atoms with E-state index in [0.29, 0.717) is 5.92 Å². The van der Waals surface area contributed by atoms with Crippen LogP contribution in [0.3, 0.4) is 0 Å². The van der Waals surface area contributed by atoms with Gasteiger partial charge in [0.25, 0.3) is 5.91 Å². The summed E-state index contributed by atoms with van der Waals surface area (Å²) in [5.41, 5.74) is 2.81. The van der Waals surface area contributed by atoms with Gasteiger partial charge in [0.1, 0.15) is 5.75 Å². The molecule has 19 heavy (non-hydrogen) atoms. The molecule has 3 nitrogen and oxygen atoms in total. The lowest BCUT2D eigenvalue weighted by atomic mass is 10.1. The maximum atomic E-state index is 11.8. The summed E-state index contributed by atoms with van der Waals surface area (Å²) in [6.45, 7) is 2.20. The summed E-state index contributed by atoms with van der Waals surface area (Å²) >= 11 is 0. The van der Waals surface area contributed by atoms with Crippen LogP contribution in [0.5, 0.6) is 5.75 Å². The number of aryl methyl sites for hydroxylation is 2. The molecule has 1 amide bonds. The molecule has 3 heteroatoms. The van der Waals surface area contributed by atoms with Crippen LogP contribution in [0, 0.1) is 5.92 Å². The van der Waals surface area contributed by atoms with Crippen molar-refractivity contribution in [2.45, 2.75) is 45.1 Å². The number of ether oxygens (including phenoxy) is 1. The fourth-order valence-electron chi connectivity index (χ4n) is 2.80. The van der Waals surface area contributed by atoms with Gasteiger partial charge in [-0.3, -0.25) is 4.79 Å². The maximum absolute atomic E-state index is 11.8. The van der Waals surface area contributed by atoms with Gasteiger partial charge in [0.05, 0.1) is 0 Å².